The number of nitrogen functional groups attached to an aromatic ring is 1. The first-order valence-corrected chi connectivity index (χ1v) is 13.6. The van der Waals surface area contributed by atoms with E-state index >= 15 is 0 Å². The Morgan fingerprint density at radius 2 is 1.84 bits per heavy atom. The number of carbonyl (C=O) groups is 2. The van der Waals surface area contributed by atoms with Crippen LogP contribution in [0.4, 0.5) is 21.9 Å². The molecule has 3 aromatic rings. The van der Waals surface area contributed by atoms with Gasteiger partial charge in [-0.05, 0) is 66.3 Å². The van der Waals surface area contributed by atoms with Crippen LogP contribution in [0, 0.1) is 6.92 Å². The number of hydrogen-bond donors (Lipinski definition) is 5. The molecule has 3 aromatic carbocycles. The highest BCUT2D eigenvalue weighted by Gasteiger charge is 2.34. The molecule has 0 fully saturated rings. The third-order valence-electron chi connectivity index (χ3n) is 6.02. The number of anilines is 3. The smallest absolute Gasteiger partial charge is 0.319 e. The van der Waals surface area contributed by atoms with Crippen molar-refractivity contribution in [3.63, 3.8) is 0 Å². The van der Waals surface area contributed by atoms with Crippen molar-refractivity contribution >= 4 is 38.9 Å². The van der Waals surface area contributed by atoms with Crippen molar-refractivity contribution in [3.8, 4) is 11.1 Å². The van der Waals surface area contributed by atoms with Gasteiger partial charge in [-0.2, -0.15) is 0 Å². The predicted molar refractivity (Wildman–Crippen MR) is 149 cm³/mol. The van der Waals surface area contributed by atoms with Crippen LogP contribution in [-0.2, 0) is 21.1 Å². The normalized spacial score (nSPS) is 18.8. The SMILES string of the molecule is CCCNC(=O)Nc1cccc(-c2cccc(CC3NS(=O)(c4c(C)cc(N)cc4NC)=NC3=O)c2)c1. The fourth-order valence-corrected chi connectivity index (χ4v) is 6.52. The van der Waals surface area contributed by atoms with Crippen LogP contribution in [-0.4, -0.2) is 35.8 Å². The number of aryl methyl sites for hydroxylation is 1. The summed E-state index contributed by atoms with van der Waals surface area (Å²) in [5.41, 5.74) is 11.2. The first-order valence-electron chi connectivity index (χ1n) is 12.1. The standard InChI is InChI=1S/C27H32N6O3S/c1-4-11-30-27(35)31-22-10-6-9-20(15-22)19-8-5-7-18(13-19)14-24-26(34)33-37(36,32-24)25-17(2)12-21(28)16-23(25)29-3/h5-10,12-13,15-16,24,29H,4,11,14,28H2,1-3H3,(H2,30,31,35)(H,32,33,34,36). The summed E-state index contributed by atoms with van der Waals surface area (Å²) in [7, 11) is -1.46. The van der Waals surface area contributed by atoms with Crippen LogP contribution in [0.15, 0.2) is 69.9 Å². The Morgan fingerprint density at radius 3 is 2.57 bits per heavy atom. The molecule has 37 heavy (non-hydrogen) atoms. The van der Waals surface area contributed by atoms with Gasteiger partial charge in [0.25, 0.3) is 5.91 Å². The van der Waals surface area contributed by atoms with Gasteiger partial charge >= 0.3 is 6.03 Å². The Morgan fingerprint density at radius 1 is 1.11 bits per heavy atom. The number of urea groups is 1. The van der Waals surface area contributed by atoms with Crippen molar-refractivity contribution in [2.45, 2.75) is 37.6 Å². The molecule has 2 atom stereocenters. The van der Waals surface area contributed by atoms with E-state index in [2.05, 4.69) is 25.0 Å². The Hall–Kier alpha value is -3.89. The molecule has 10 heteroatoms. The number of nitrogens with zero attached hydrogens (tertiary/aromatic N) is 1. The van der Waals surface area contributed by atoms with E-state index in [9.17, 15) is 13.8 Å². The van der Waals surface area contributed by atoms with E-state index in [0.717, 1.165) is 23.1 Å². The van der Waals surface area contributed by atoms with Gasteiger partial charge in [-0.15, -0.1) is 4.36 Å². The maximum Gasteiger partial charge on any atom is 0.319 e. The second-order valence-corrected chi connectivity index (χ2v) is 10.8. The molecule has 1 aliphatic heterocycles. The van der Waals surface area contributed by atoms with E-state index in [-0.39, 0.29) is 6.03 Å². The molecular formula is C27H32N6O3S. The van der Waals surface area contributed by atoms with E-state index in [0.29, 0.717) is 40.5 Å². The lowest BCUT2D eigenvalue weighted by Crippen LogP contribution is -2.34. The second kappa shape index (κ2) is 11.0. The molecule has 1 heterocycles. The lowest BCUT2D eigenvalue weighted by Gasteiger charge is -2.17. The van der Waals surface area contributed by atoms with E-state index < -0.39 is 21.9 Å². The second-order valence-electron chi connectivity index (χ2n) is 8.96. The molecule has 0 saturated heterocycles. The zero-order valence-corrected chi connectivity index (χ0v) is 21.9. The number of nitrogens with two attached hydrogens (primary N) is 1. The van der Waals surface area contributed by atoms with Crippen molar-refractivity contribution in [3.05, 3.63) is 71.8 Å². The third-order valence-corrected chi connectivity index (χ3v) is 8.15. The number of nitrogens with one attached hydrogen (secondary N) is 4. The van der Waals surface area contributed by atoms with Gasteiger partial charge in [0.2, 0.25) is 0 Å². The number of hydrogen-bond acceptors (Lipinski definition) is 5. The summed E-state index contributed by atoms with van der Waals surface area (Å²) in [4.78, 5) is 25.3. The molecule has 0 bridgehead atoms. The third kappa shape index (κ3) is 5.92. The number of amides is 3. The van der Waals surface area contributed by atoms with Gasteiger partial charge in [-0.25, -0.2) is 13.7 Å². The summed E-state index contributed by atoms with van der Waals surface area (Å²) < 4.78 is 20.8. The first kappa shape index (κ1) is 26.2. The minimum absolute atomic E-state index is 0.247. The van der Waals surface area contributed by atoms with Crippen molar-refractivity contribution in [1.29, 1.82) is 0 Å². The molecule has 0 aromatic heterocycles. The maximum absolute atomic E-state index is 13.8. The van der Waals surface area contributed by atoms with Crippen molar-refractivity contribution in [2.24, 2.45) is 4.36 Å². The van der Waals surface area contributed by atoms with Crippen LogP contribution in [0.1, 0.15) is 24.5 Å². The summed E-state index contributed by atoms with van der Waals surface area (Å²) in [5.74, 6) is -0.446. The monoisotopic (exact) mass is 520 g/mol. The van der Waals surface area contributed by atoms with Gasteiger partial charge in [-0.3, -0.25) is 4.79 Å². The van der Waals surface area contributed by atoms with Crippen LogP contribution in [0.25, 0.3) is 11.1 Å². The molecule has 0 spiro atoms. The van der Waals surface area contributed by atoms with Crippen LogP contribution < -0.4 is 26.4 Å². The van der Waals surface area contributed by atoms with E-state index in [1.165, 1.54) is 0 Å². The van der Waals surface area contributed by atoms with Crippen LogP contribution in [0.5, 0.6) is 0 Å². The molecule has 1 aliphatic rings. The minimum atomic E-state index is -3.17. The average Bonchev–Trinajstić information content (AvgIpc) is 3.15. The van der Waals surface area contributed by atoms with Crippen LogP contribution in [0.3, 0.4) is 0 Å². The maximum atomic E-state index is 13.8. The molecule has 2 unspecified atom stereocenters. The Balaban J connectivity index is 1.53. The zero-order chi connectivity index (χ0) is 26.6. The topological polar surface area (TPSA) is 138 Å². The largest absolute Gasteiger partial charge is 0.399 e. The van der Waals surface area contributed by atoms with Gasteiger partial charge < -0.3 is 21.7 Å². The Bertz CT molecular complexity index is 1460. The summed E-state index contributed by atoms with van der Waals surface area (Å²) in [6.45, 7) is 4.40. The van der Waals surface area contributed by atoms with Crippen molar-refractivity contribution in [2.75, 3.05) is 30.0 Å². The molecule has 6 N–H and O–H groups in total. The zero-order valence-electron chi connectivity index (χ0n) is 21.1. The number of benzene rings is 3. The lowest BCUT2D eigenvalue weighted by molar-refractivity contribution is -0.118. The lowest BCUT2D eigenvalue weighted by atomic mass is 9.99. The fraction of sp³-hybridized carbons (Fsp3) is 0.259. The van der Waals surface area contributed by atoms with Crippen LogP contribution >= 0.6 is 0 Å². The van der Waals surface area contributed by atoms with Crippen LogP contribution in [0.2, 0.25) is 0 Å². The average molecular weight is 521 g/mol. The summed E-state index contributed by atoms with van der Waals surface area (Å²) in [6, 6.07) is 17.8. The molecule has 0 radical (unpaired) electrons. The summed E-state index contributed by atoms with van der Waals surface area (Å²) in [5, 5.41) is 8.65. The van der Waals surface area contributed by atoms with E-state index in [1.807, 2.05) is 55.5 Å². The van der Waals surface area contributed by atoms with Gasteiger partial charge in [0.15, 0.2) is 0 Å². The molecule has 194 valence electrons. The van der Waals surface area contributed by atoms with Crippen molar-refractivity contribution < 1.29 is 13.8 Å². The quantitative estimate of drug-likeness (QED) is 0.282. The summed E-state index contributed by atoms with van der Waals surface area (Å²) in [6.07, 6.45) is 1.19. The van der Waals surface area contributed by atoms with E-state index in [4.69, 9.17) is 5.73 Å². The predicted octanol–water partition coefficient (Wildman–Crippen LogP) is 4.30. The fourth-order valence-electron chi connectivity index (χ4n) is 4.35. The number of carbonyl (C=O) groups excluding carboxylic acids is 2. The first-order chi connectivity index (χ1) is 17.7. The minimum Gasteiger partial charge on any atom is -0.399 e. The Labute approximate surface area is 217 Å². The molecule has 9 nitrogen and oxygen atoms in total. The van der Waals surface area contributed by atoms with Gasteiger partial charge in [0.1, 0.15) is 16.0 Å². The highest BCUT2D eigenvalue weighted by atomic mass is 32.2. The van der Waals surface area contributed by atoms with Gasteiger partial charge in [-0.1, -0.05) is 43.3 Å². The molecular weight excluding hydrogens is 488 g/mol. The molecule has 4 rings (SSSR count). The van der Waals surface area contributed by atoms with E-state index in [1.54, 1.807) is 26.1 Å². The van der Waals surface area contributed by atoms with Gasteiger partial charge in [0, 0.05) is 25.0 Å². The van der Waals surface area contributed by atoms with Gasteiger partial charge in [0.05, 0.1) is 10.6 Å². The molecule has 3 amide bonds. The molecule has 0 aliphatic carbocycles. The highest BCUT2D eigenvalue weighted by Crippen LogP contribution is 2.32. The highest BCUT2D eigenvalue weighted by molar-refractivity contribution is 7.92. The molecule has 0 saturated carbocycles. The summed E-state index contributed by atoms with van der Waals surface area (Å²) >= 11 is 0. The van der Waals surface area contributed by atoms with Crippen molar-refractivity contribution in [1.82, 2.24) is 10.0 Å². The number of rotatable bonds is 8. The Kier molecular flexibility index (Phi) is 7.80.